The van der Waals surface area contributed by atoms with E-state index in [0.29, 0.717) is 5.56 Å². The van der Waals surface area contributed by atoms with Crippen LogP contribution in [0.25, 0.3) is 28.4 Å². The molecule has 5 heterocycles. The molecule has 0 saturated carbocycles. The average Bonchev–Trinajstić information content (AvgIpc) is 3.37. The lowest BCUT2D eigenvalue weighted by Gasteiger charge is -2.48. The zero-order chi connectivity index (χ0) is 53.4. The van der Waals surface area contributed by atoms with E-state index in [-0.39, 0.29) is 28.4 Å². The van der Waals surface area contributed by atoms with Crippen LogP contribution in [-0.4, -0.2) is 213 Å². The third-order valence-electron chi connectivity index (χ3n) is 12.9. The Morgan fingerprint density at radius 2 is 1.14 bits per heavy atom. The fraction of sp³-hybridized carbons (Fsp3) is 0.500. The van der Waals surface area contributed by atoms with E-state index in [1.54, 1.807) is 0 Å². The van der Waals surface area contributed by atoms with Gasteiger partial charge in [0, 0.05) is 23.8 Å². The van der Waals surface area contributed by atoms with Crippen molar-refractivity contribution in [2.45, 2.75) is 137 Å². The minimum atomic E-state index is -2.12. The second kappa shape index (κ2) is 22.7. The lowest BCUT2D eigenvalue weighted by molar-refractivity contribution is -0.382. The van der Waals surface area contributed by atoms with Gasteiger partial charge < -0.3 is 119 Å². The van der Waals surface area contributed by atoms with Crippen molar-refractivity contribution in [1.82, 2.24) is 0 Å². The highest BCUT2D eigenvalue weighted by Crippen LogP contribution is 2.40. The van der Waals surface area contributed by atoms with E-state index < -0.39 is 170 Å². The van der Waals surface area contributed by atoms with E-state index >= 15 is 0 Å². The number of fused-ring (bicyclic) bond motifs is 1. The van der Waals surface area contributed by atoms with Crippen molar-refractivity contribution >= 4 is 23.0 Å². The SMILES string of the molecule is C[C@@H]1O[C@@H](Oc2cc(O)c3c(=O)c(O[C@@H]4O[C@@H](C)[C@H](O)[C@@H](O[C@@H]5O[C@H](COC(=O)C=Cc6ccc(O)cc6)[C@@H](O)[C@H](O)[C@H]5O)[C@H]4O[C@@H]4O[C@H](CO)[C@@H](O)[C@H](O)[C@H]4O)c(-c4ccc(O)cc4)oc3c2)[C@H](O)[C@H](O)[C@H]1O. The van der Waals surface area contributed by atoms with E-state index in [0.717, 1.165) is 18.2 Å². The van der Waals surface area contributed by atoms with Crippen LogP contribution >= 0.6 is 0 Å². The molecule has 0 unspecified atom stereocenters. The molecule has 14 N–H and O–H groups in total. The predicted molar refractivity (Wildman–Crippen MR) is 243 cm³/mol. The zero-order valence-electron chi connectivity index (χ0n) is 39.0. The molecule has 4 fully saturated rings. The van der Waals surface area contributed by atoms with Crippen LogP contribution in [0.1, 0.15) is 19.4 Å². The lowest BCUT2D eigenvalue weighted by atomic mass is 9.96. The number of ether oxygens (including phenoxy) is 9. The summed E-state index contributed by atoms with van der Waals surface area (Å²) in [5.41, 5.74) is -0.946. The second-order valence-corrected chi connectivity index (χ2v) is 18.0. The monoisotopic (exact) mass is 1050 g/mol. The van der Waals surface area contributed by atoms with Gasteiger partial charge in [-0.1, -0.05) is 12.1 Å². The summed E-state index contributed by atoms with van der Waals surface area (Å²) in [6.07, 6.45) is -33.8. The number of benzene rings is 3. The van der Waals surface area contributed by atoms with E-state index in [1.165, 1.54) is 68.5 Å². The lowest BCUT2D eigenvalue weighted by Crippen LogP contribution is -2.67. The standard InChI is InChI=1S/C48H56O26/c1-17-30(54)35(59)38(62)45(66-17)68-23-13-24(52)29-25(14-23)69-41(20-6-10-22(51)11-7-20)43(34(29)58)73-48-44(74-46-39(63)36(60)32(56)26(15-49)70-46)42(31(55)18(2)67-48)72-47-40(64)37(61)33(57)27(71-47)16-65-28(53)12-5-19-3-8-21(50)9-4-19/h3-14,17-18,26-27,30-33,35-40,42,44-52,54-57,59-64H,15-16H2,1-2H3/t17-,18-,26+,27+,30-,31-,32+,33+,35+,36-,37-,38+,39+,40+,42+,44+,45-,46-,47-,48-/m0/s1. The van der Waals surface area contributed by atoms with Gasteiger partial charge in [0.25, 0.3) is 0 Å². The fourth-order valence-electron chi connectivity index (χ4n) is 8.60. The molecule has 0 spiro atoms. The molecule has 0 radical (unpaired) electrons. The van der Waals surface area contributed by atoms with Gasteiger partial charge in [-0.05, 0) is 61.9 Å². The van der Waals surface area contributed by atoms with Crippen molar-refractivity contribution in [3.63, 3.8) is 0 Å². The largest absolute Gasteiger partial charge is 0.508 e. The molecule has 0 bridgehead atoms. The Bertz CT molecular complexity index is 2640. The summed E-state index contributed by atoms with van der Waals surface area (Å²) in [7, 11) is 0. The van der Waals surface area contributed by atoms with Crippen LogP contribution < -0.4 is 14.9 Å². The third kappa shape index (κ3) is 11.3. The Morgan fingerprint density at radius 3 is 1.77 bits per heavy atom. The van der Waals surface area contributed by atoms with Gasteiger partial charge in [0.05, 0.1) is 18.8 Å². The first-order valence-corrected chi connectivity index (χ1v) is 23.1. The Kier molecular flexibility index (Phi) is 16.8. The van der Waals surface area contributed by atoms with Crippen molar-refractivity contribution in [2.75, 3.05) is 13.2 Å². The first-order valence-electron chi connectivity index (χ1n) is 23.1. The molecule has 26 nitrogen and oxygen atoms in total. The maximum atomic E-state index is 14.7. The molecule has 3 aromatic carbocycles. The maximum absolute atomic E-state index is 14.7. The molecule has 4 aromatic rings. The summed E-state index contributed by atoms with van der Waals surface area (Å²) in [6.45, 7) is 1.05. The Morgan fingerprint density at radius 1 is 0.595 bits per heavy atom. The van der Waals surface area contributed by atoms with Crippen LogP contribution in [0.15, 0.2) is 76.0 Å². The molecular weight excluding hydrogens is 993 g/mol. The molecule has 20 atom stereocenters. The quantitative estimate of drug-likeness (QED) is 0.0439. The minimum Gasteiger partial charge on any atom is -0.508 e. The summed E-state index contributed by atoms with van der Waals surface area (Å²) in [5, 5.41) is 149. The van der Waals surface area contributed by atoms with Crippen molar-refractivity contribution in [2.24, 2.45) is 0 Å². The topological polar surface area (TPSA) is 414 Å². The van der Waals surface area contributed by atoms with Gasteiger partial charge >= 0.3 is 5.97 Å². The number of phenolic OH excluding ortho intramolecular Hbond substituents is 3. The van der Waals surface area contributed by atoms with Crippen molar-refractivity contribution < 1.29 is 123 Å². The van der Waals surface area contributed by atoms with Crippen molar-refractivity contribution in [3.05, 3.63) is 82.5 Å². The summed E-state index contributed by atoms with van der Waals surface area (Å²) >= 11 is 0. The van der Waals surface area contributed by atoms with E-state index in [2.05, 4.69) is 0 Å². The van der Waals surface area contributed by atoms with Crippen LogP contribution in [0, 0.1) is 0 Å². The molecular formula is C48H56O26. The highest BCUT2D eigenvalue weighted by atomic mass is 16.8. The number of carbonyl (C=O) groups is 1. The summed E-state index contributed by atoms with van der Waals surface area (Å²) in [6, 6.07) is 12.9. The molecule has 1 aromatic heterocycles. The number of aromatic hydroxyl groups is 3. The second-order valence-electron chi connectivity index (χ2n) is 18.0. The van der Waals surface area contributed by atoms with E-state index in [9.17, 15) is 81.1 Å². The number of aliphatic hydroxyl groups excluding tert-OH is 11. The number of carbonyl (C=O) groups excluding carboxylic acids is 1. The third-order valence-corrected chi connectivity index (χ3v) is 12.9. The molecule has 4 saturated heterocycles. The summed E-state index contributed by atoms with van der Waals surface area (Å²) in [5.74, 6) is -3.42. The van der Waals surface area contributed by atoms with Gasteiger partial charge in [0.2, 0.25) is 23.8 Å². The number of hydrogen-bond acceptors (Lipinski definition) is 26. The van der Waals surface area contributed by atoms with Crippen LogP contribution in [0.3, 0.4) is 0 Å². The molecule has 0 amide bonds. The van der Waals surface area contributed by atoms with Gasteiger partial charge in [-0.2, -0.15) is 0 Å². The van der Waals surface area contributed by atoms with E-state index in [4.69, 9.17) is 47.0 Å². The zero-order valence-corrected chi connectivity index (χ0v) is 39.0. The molecule has 0 aliphatic carbocycles. The summed E-state index contributed by atoms with van der Waals surface area (Å²) in [4.78, 5) is 27.4. The smallest absolute Gasteiger partial charge is 0.330 e. The van der Waals surface area contributed by atoms with Gasteiger partial charge in [-0.25, -0.2) is 4.79 Å². The fourth-order valence-corrected chi connectivity index (χ4v) is 8.60. The van der Waals surface area contributed by atoms with Crippen LogP contribution in [-0.2, 0) is 38.0 Å². The number of aliphatic hydroxyl groups is 11. The Balaban J connectivity index is 1.14. The molecule has 26 heteroatoms. The molecule has 74 heavy (non-hydrogen) atoms. The van der Waals surface area contributed by atoms with Crippen LogP contribution in [0.2, 0.25) is 0 Å². The Hall–Kier alpha value is -5.60. The first kappa shape index (κ1) is 54.7. The number of phenols is 3. The highest BCUT2D eigenvalue weighted by Gasteiger charge is 2.55. The minimum absolute atomic E-state index is 0.0138. The van der Waals surface area contributed by atoms with Gasteiger partial charge in [0.15, 0.2) is 24.4 Å². The highest BCUT2D eigenvalue weighted by molar-refractivity contribution is 5.88. The number of esters is 1. The van der Waals surface area contributed by atoms with Crippen molar-refractivity contribution in [3.8, 4) is 40.1 Å². The molecule has 4 aliphatic heterocycles. The molecule has 4 aliphatic rings. The Labute approximate surface area is 418 Å². The average molecular weight is 1050 g/mol. The molecule has 8 rings (SSSR count). The van der Waals surface area contributed by atoms with Crippen molar-refractivity contribution in [1.29, 1.82) is 0 Å². The number of rotatable bonds is 14. The predicted octanol–water partition coefficient (Wildman–Crippen LogP) is -3.10. The number of hydrogen-bond donors (Lipinski definition) is 14. The van der Waals surface area contributed by atoms with Crippen LogP contribution in [0.5, 0.6) is 28.7 Å². The van der Waals surface area contributed by atoms with Crippen LogP contribution in [0.4, 0.5) is 0 Å². The maximum Gasteiger partial charge on any atom is 0.330 e. The van der Waals surface area contributed by atoms with E-state index in [1.807, 2.05) is 0 Å². The van der Waals surface area contributed by atoms with Gasteiger partial charge in [-0.3, -0.25) is 4.79 Å². The first-order chi connectivity index (χ1) is 35.1. The summed E-state index contributed by atoms with van der Waals surface area (Å²) < 4.78 is 58.6. The van der Waals surface area contributed by atoms with Gasteiger partial charge in [0.1, 0.15) is 120 Å². The normalized spacial score (nSPS) is 36.7. The molecule has 404 valence electrons. The van der Waals surface area contributed by atoms with Gasteiger partial charge in [-0.15, -0.1) is 0 Å².